The molecule has 0 saturated carbocycles. The number of hydrogen-bond donors (Lipinski definition) is 0. The maximum atomic E-state index is 2.52. The predicted octanol–water partition coefficient (Wildman–Crippen LogP) is 9.06. The molecule has 1 aliphatic rings. The van der Waals surface area contributed by atoms with Crippen molar-refractivity contribution in [2.75, 3.05) is 4.90 Å². The van der Waals surface area contributed by atoms with Gasteiger partial charge >= 0.3 is 0 Å². The van der Waals surface area contributed by atoms with Gasteiger partial charge in [0.25, 0.3) is 11.6 Å². The van der Waals surface area contributed by atoms with Gasteiger partial charge in [0.15, 0.2) is 0 Å². The number of aromatic nitrogens is 2. The van der Waals surface area contributed by atoms with E-state index < -0.39 is 0 Å². The molecule has 43 heavy (non-hydrogen) atoms. The molecule has 0 atom stereocenters. The lowest BCUT2D eigenvalue weighted by Crippen LogP contribution is -2.47. The molecule has 0 amide bonds. The highest BCUT2D eigenvalue weighted by Crippen LogP contribution is 2.39. The minimum absolute atomic E-state index is 0.00899. The maximum Gasteiger partial charge on any atom is 0.290 e. The van der Waals surface area contributed by atoms with Crippen LogP contribution in [0.4, 0.5) is 17.3 Å². The number of hydrogen-bond acceptors (Lipinski definition) is 1. The van der Waals surface area contributed by atoms with E-state index in [0.717, 1.165) is 18.8 Å². The Balaban J connectivity index is 1.67. The Labute approximate surface area is 258 Å². The summed E-state index contributed by atoms with van der Waals surface area (Å²) >= 11 is 0. The van der Waals surface area contributed by atoms with E-state index in [-0.39, 0.29) is 10.8 Å². The monoisotopic (exact) mass is 567 g/mol. The number of benzene rings is 3. The largest absolute Gasteiger partial charge is 0.290 e. The van der Waals surface area contributed by atoms with Gasteiger partial charge in [-0.1, -0.05) is 96.1 Å². The highest BCUT2D eigenvalue weighted by Gasteiger charge is 2.34. The second-order valence-corrected chi connectivity index (χ2v) is 14.1. The molecule has 0 saturated heterocycles. The Hall–Kier alpha value is -4.24. The summed E-state index contributed by atoms with van der Waals surface area (Å²) in [5.41, 5.74) is 11.6. The quantitative estimate of drug-likeness (QED) is 0.197. The Morgan fingerprint density at radius 1 is 0.605 bits per heavy atom. The molecule has 0 radical (unpaired) electrons. The summed E-state index contributed by atoms with van der Waals surface area (Å²) in [5.74, 6) is 2.31. The maximum absolute atomic E-state index is 2.52. The van der Waals surface area contributed by atoms with Crippen molar-refractivity contribution < 1.29 is 9.13 Å². The molecule has 0 unspecified atom stereocenters. The minimum atomic E-state index is 0.00899. The van der Waals surface area contributed by atoms with Gasteiger partial charge in [-0.05, 0) is 76.4 Å². The molecule has 0 spiro atoms. The number of fused-ring (bicyclic) bond motifs is 3. The van der Waals surface area contributed by atoms with Crippen LogP contribution in [0.1, 0.15) is 63.8 Å². The molecule has 218 valence electrons. The second kappa shape index (κ2) is 10.8. The summed E-state index contributed by atoms with van der Waals surface area (Å²) in [4.78, 5) is 2.49. The molecular weight excluding hydrogens is 522 g/mol. The van der Waals surface area contributed by atoms with Crippen LogP contribution in [0.15, 0.2) is 103 Å². The van der Waals surface area contributed by atoms with Gasteiger partial charge in [0.05, 0.1) is 13.6 Å². The van der Waals surface area contributed by atoms with Crippen molar-refractivity contribution in [2.24, 2.45) is 7.05 Å². The SMILES string of the molecule is Cc1ccccc1-c1cccc(N(c2cc(C(C)(C)C)cc(C(C)(C)C)c2)c2cccc3[n+]2CCc2ccccc2-3)[n+]1C. The summed E-state index contributed by atoms with van der Waals surface area (Å²) in [6.07, 6.45) is 1.02. The lowest BCUT2D eigenvalue weighted by Gasteiger charge is -2.29. The van der Waals surface area contributed by atoms with E-state index >= 15 is 0 Å². The third-order valence-electron chi connectivity index (χ3n) is 8.96. The molecule has 3 nitrogen and oxygen atoms in total. The zero-order valence-corrected chi connectivity index (χ0v) is 27.1. The Bertz CT molecular complexity index is 1790. The third kappa shape index (κ3) is 5.38. The molecule has 6 rings (SSSR count). The molecule has 0 N–H and O–H groups in total. The van der Waals surface area contributed by atoms with Crippen molar-refractivity contribution in [1.29, 1.82) is 0 Å². The molecule has 3 heterocycles. The smallest absolute Gasteiger partial charge is 0.229 e. The fourth-order valence-electron chi connectivity index (χ4n) is 6.33. The molecule has 2 aromatic heterocycles. The summed E-state index contributed by atoms with van der Waals surface area (Å²) in [7, 11) is 2.21. The van der Waals surface area contributed by atoms with E-state index in [1.807, 2.05) is 0 Å². The Morgan fingerprint density at radius 2 is 1.19 bits per heavy atom. The van der Waals surface area contributed by atoms with Gasteiger partial charge in [0.1, 0.15) is 17.1 Å². The predicted molar refractivity (Wildman–Crippen MR) is 179 cm³/mol. The van der Waals surface area contributed by atoms with Crippen LogP contribution in [0.3, 0.4) is 0 Å². The van der Waals surface area contributed by atoms with E-state index in [1.54, 1.807) is 0 Å². The lowest BCUT2D eigenvalue weighted by molar-refractivity contribution is -0.677. The summed E-state index contributed by atoms with van der Waals surface area (Å²) < 4.78 is 4.88. The molecular formula is C40H45N3+2. The van der Waals surface area contributed by atoms with Crippen LogP contribution in [-0.4, -0.2) is 0 Å². The molecule has 0 fully saturated rings. The summed E-state index contributed by atoms with van der Waals surface area (Å²) in [6, 6.07) is 38.3. The lowest BCUT2D eigenvalue weighted by atomic mass is 9.80. The van der Waals surface area contributed by atoms with Crippen LogP contribution < -0.4 is 14.0 Å². The van der Waals surface area contributed by atoms with E-state index in [4.69, 9.17) is 0 Å². The highest BCUT2D eigenvalue weighted by molar-refractivity contribution is 5.73. The number of anilines is 3. The molecule has 0 bridgehead atoms. The highest BCUT2D eigenvalue weighted by atomic mass is 15.3. The number of nitrogens with zero attached hydrogens (tertiary/aromatic N) is 3. The van der Waals surface area contributed by atoms with E-state index in [2.05, 4.69) is 173 Å². The first kappa shape index (κ1) is 28.9. The minimum Gasteiger partial charge on any atom is -0.229 e. The summed E-state index contributed by atoms with van der Waals surface area (Å²) in [5, 5.41) is 0. The van der Waals surface area contributed by atoms with Gasteiger partial charge in [-0.3, -0.25) is 0 Å². The van der Waals surface area contributed by atoms with Crippen molar-refractivity contribution in [1.82, 2.24) is 0 Å². The first-order valence-corrected chi connectivity index (χ1v) is 15.6. The van der Waals surface area contributed by atoms with Crippen molar-refractivity contribution >= 4 is 17.3 Å². The normalized spacial score (nSPS) is 12.9. The molecule has 3 aromatic carbocycles. The molecule has 1 aliphatic heterocycles. The van der Waals surface area contributed by atoms with Crippen molar-refractivity contribution in [3.8, 4) is 22.5 Å². The standard InChI is InChI=1S/C40H45N3/c1-28-15-9-11-17-33(28)35-19-13-21-37(41(35)8)43(32-26-30(39(2,3)4)25-31(27-32)40(5,6)7)38-22-14-20-36-34-18-12-10-16-29(34)23-24-42(36)38/h9-22,25-27H,23-24H2,1-8H3/q+2. The number of rotatable bonds is 4. The zero-order chi connectivity index (χ0) is 30.5. The van der Waals surface area contributed by atoms with Gasteiger partial charge < -0.3 is 0 Å². The van der Waals surface area contributed by atoms with Crippen molar-refractivity contribution in [3.63, 3.8) is 0 Å². The first-order chi connectivity index (χ1) is 20.4. The average molecular weight is 568 g/mol. The fraction of sp³-hybridized carbons (Fsp3) is 0.300. The number of aryl methyl sites for hydroxylation is 2. The summed E-state index contributed by atoms with van der Waals surface area (Å²) in [6.45, 7) is 17.0. The van der Waals surface area contributed by atoms with Gasteiger partial charge in [-0.2, -0.15) is 4.90 Å². The fourth-order valence-corrected chi connectivity index (χ4v) is 6.33. The first-order valence-electron chi connectivity index (χ1n) is 15.6. The van der Waals surface area contributed by atoms with Gasteiger partial charge in [-0.15, -0.1) is 0 Å². The molecule has 3 heteroatoms. The van der Waals surface area contributed by atoms with Crippen LogP contribution in [0.2, 0.25) is 0 Å². The topological polar surface area (TPSA) is 11.0 Å². The van der Waals surface area contributed by atoms with Crippen molar-refractivity contribution in [2.45, 2.75) is 72.3 Å². The van der Waals surface area contributed by atoms with Crippen LogP contribution in [0.25, 0.3) is 22.5 Å². The second-order valence-electron chi connectivity index (χ2n) is 14.1. The van der Waals surface area contributed by atoms with Crippen LogP contribution >= 0.6 is 0 Å². The van der Waals surface area contributed by atoms with Crippen molar-refractivity contribution in [3.05, 3.63) is 125 Å². The van der Waals surface area contributed by atoms with Crippen LogP contribution in [-0.2, 0) is 30.8 Å². The van der Waals surface area contributed by atoms with E-state index in [0.29, 0.717) is 0 Å². The van der Waals surface area contributed by atoms with Gasteiger partial charge in [0.2, 0.25) is 0 Å². The third-order valence-corrected chi connectivity index (χ3v) is 8.96. The van der Waals surface area contributed by atoms with Gasteiger partial charge in [-0.25, -0.2) is 9.13 Å². The van der Waals surface area contributed by atoms with E-state index in [1.165, 1.54) is 56.3 Å². The van der Waals surface area contributed by atoms with Gasteiger partial charge in [0, 0.05) is 29.7 Å². The average Bonchev–Trinajstić information content (AvgIpc) is 2.97. The molecule has 5 aromatic rings. The van der Waals surface area contributed by atoms with E-state index in [9.17, 15) is 0 Å². The Morgan fingerprint density at radius 3 is 1.84 bits per heavy atom. The zero-order valence-electron chi connectivity index (χ0n) is 27.1. The molecule has 0 aliphatic carbocycles. The van der Waals surface area contributed by atoms with Crippen LogP contribution in [0.5, 0.6) is 0 Å². The number of pyridine rings is 2. The van der Waals surface area contributed by atoms with Crippen LogP contribution in [0, 0.1) is 6.92 Å². The Kier molecular flexibility index (Phi) is 7.24.